The van der Waals surface area contributed by atoms with Crippen molar-refractivity contribution in [2.45, 2.75) is 13.5 Å². The van der Waals surface area contributed by atoms with Crippen molar-refractivity contribution < 1.29 is 4.42 Å². The molecule has 0 atom stereocenters. The molecule has 1 aromatic heterocycles. The molecule has 0 amide bonds. The zero-order chi connectivity index (χ0) is 12.3. The fourth-order valence-corrected chi connectivity index (χ4v) is 2.10. The molecular weight excluding hydrogens is 350 g/mol. The Balaban J connectivity index is 2.27. The Kier molecular flexibility index (Phi) is 4.31. The van der Waals surface area contributed by atoms with Crippen molar-refractivity contribution in [1.82, 2.24) is 15.5 Å². The van der Waals surface area contributed by atoms with Crippen molar-refractivity contribution in [2.24, 2.45) is 0 Å². The van der Waals surface area contributed by atoms with Crippen molar-refractivity contribution in [1.29, 1.82) is 0 Å². The molecule has 1 N–H and O–H groups in total. The molecule has 0 bridgehead atoms. The molecule has 0 unspecified atom stereocenters. The van der Waals surface area contributed by atoms with E-state index in [1.165, 1.54) is 0 Å². The fraction of sp³-hybridized carbons (Fsp3) is 0.273. The molecule has 0 radical (unpaired) electrons. The van der Waals surface area contributed by atoms with Crippen molar-refractivity contribution in [3.63, 3.8) is 0 Å². The standard InChI is InChI=1S/C11H11Br2N3O/c1-2-14-6-10-15-16-11(17-10)8-5-7(12)3-4-9(8)13/h3-5,14H,2,6H2,1H3. The summed E-state index contributed by atoms with van der Waals surface area (Å²) in [7, 11) is 0. The highest BCUT2D eigenvalue weighted by molar-refractivity contribution is 9.11. The lowest BCUT2D eigenvalue weighted by Gasteiger charge is -1.99. The Bertz CT molecular complexity index is 513. The second-order valence-electron chi connectivity index (χ2n) is 3.41. The van der Waals surface area contributed by atoms with Gasteiger partial charge in [0.05, 0.1) is 12.1 Å². The molecule has 1 aromatic carbocycles. The highest BCUT2D eigenvalue weighted by Crippen LogP contribution is 2.29. The van der Waals surface area contributed by atoms with Gasteiger partial charge in [-0.15, -0.1) is 10.2 Å². The molecule has 0 aliphatic carbocycles. The molecule has 0 fully saturated rings. The van der Waals surface area contributed by atoms with E-state index in [4.69, 9.17) is 4.42 Å². The monoisotopic (exact) mass is 359 g/mol. The van der Waals surface area contributed by atoms with Crippen LogP contribution in [0.15, 0.2) is 31.6 Å². The van der Waals surface area contributed by atoms with E-state index >= 15 is 0 Å². The van der Waals surface area contributed by atoms with E-state index in [-0.39, 0.29) is 0 Å². The molecule has 0 spiro atoms. The summed E-state index contributed by atoms with van der Waals surface area (Å²) in [4.78, 5) is 0. The zero-order valence-electron chi connectivity index (χ0n) is 9.20. The van der Waals surface area contributed by atoms with E-state index < -0.39 is 0 Å². The number of rotatable bonds is 4. The number of benzene rings is 1. The molecule has 4 nitrogen and oxygen atoms in total. The third-order valence-corrected chi connectivity index (χ3v) is 3.34. The first-order valence-electron chi connectivity index (χ1n) is 5.19. The lowest BCUT2D eigenvalue weighted by Crippen LogP contribution is -2.11. The molecule has 90 valence electrons. The maximum absolute atomic E-state index is 5.57. The number of nitrogens with one attached hydrogen (secondary N) is 1. The highest BCUT2D eigenvalue weighted by Gasteiger charge is 2.11. The van der Waals surface area contributed by atoms with Gasteiger partial charge in [0.1, 0.15) is 0 Å². The third kappa shape index (κ3) is 3.14. The first kappa shape index (κ1) is 12.7. The summed E-state index contributed by atoms with van der Waals surface area (Å²) in [6.45, 7) is 3.50. The van der Waals surface area contributed by atoms with Gasteiger partial charge < -0.3 is 9.73 Å². The van der Waals surface area contributed by atoms with E-state index in [0.717, 1.165) is 21.1 Å². The Morgan fingerprint density at radius 3 is 2.88 bits per heavy atom. The summed E-state index contributed by atoms with van der Waals surface area (Å²) >= 11 is 6.88. The van der Waals surface area contributed by atoms with Crippen LogP contribution in [-0.4, -0.2) is 16.7 Å². The van der Waals surface area contributed by atoms with Gasteiger partial charge >= 0.3 is 0 Å². The van der Waals surface area contributed by atoms with Gasteiger partial charge in [0.2, 0.25) is 11.8 Å². The molecule has 0 aliphatic rings. The molecule has 2 rings (SSSR count). The second-order valence-corrected chi connectivity index (χ2v) is 5.18. The van der Waals surface area contributed by atoms with Gasteiger partial charge in [0.25, 0.3) is 0 Å². The molecule has 0 saturated heterocycles. The summed E-state index contributed by atoms with van der Waals surface area (Å²) in [5, 5.41) is 11.2. The summed E-state index contributed by atoms with van der Waals surface area (Å²) in [6, 6.07) is 5.83. The normalized spacial score (nSPS) is 10.8. The number of aromatic nitrogens is 2. The van der Waals surface area contributed by atoms with Gasteiger partial charge in [-0.05, 0) is 40.7 Å². The average molecular weight is 361 g/mol. The summed E-state index contributed by atoms with van der Waals surface area (Å²) in [5.41, 5.74) is 0.884. The predicted octanol–water partition coefficient (Wildman–Crippen LogP) is 3.37. The van der Waals surface area contributed by atoms with E-state index in [9.17, 15) is 0 Å². The van der Waals surface area contributed by atoms with Crippen molar-refractivity contribution >= 4 is 31.9 Å². The maximum Gasteiger partial charge on any atom is 0.248 e. The highest BCUT2D eigenvalue weighted by atomic mass is 79.9. The second kappa shape index (κ2) is 5.75. The largest absolute Gasteiger partial charge is 0.419 e. The Morgan fingerprint density at radius 1 is 1.29 bits per heavy atom. The minimum atomic E-state index is 0.520. The summed E-state index contributed by atoms with van der Waals surface area (Å²) in [6.07, 6.45) is 0. The van der Waals surface area contributed by atoms with E-state index in [2.05, 4.69) is 47.4 Å². The van der Waals surface area contributed by atoms with E-state index in [0.29, 0.717) is 18.3 Å². The van der Waals surface area contributed by atoms with E-state index in [1.54, 1.807) is 0 Å². The van der Waals surface area contributed by atoms with E-state index in [1.807, 2.05) is 25.1 Å². The Hall–Kier alpha value is -0.720. The minimum Gasteiger partial charge on any atom is -0.419 e. The molecule has 0 aliphatic heterocycles. The van der Waals surface area contributed by atoms with Crippen LogP contribution in [0.25, 0.3) is 11.5 Å². The Labute approximate surface area is 116 Å². The minimum absolute atomic E-state index is 0.520. The molecule has 6 heteroatoms. The molecular formula is C11H11Br2N3O. The molecule has 17 heavy (non-hydrogen) atoms. The number of hydrogen-bond donors (Lipinski definition) is 1. The molecule has 0 saturated carbocycles. The van der Waals surface area contributed by atoms with Crippen LogP contribution in [0.5, 0.6) is 0 Å². The van der Waals surface area contributed by atoms with Crippen LogP contribution < -0.4 is 5.32 Å². The van der Waals surface area contributed by atoms with Crippen LogP contribution in [0.2, 0.25) is 0 Å². The smallest absolute Gasteiger partial charge is 0.248 e. The van der Waals surface area contributed by atoms with Gasteiger partial charge in [-0.25, -0.2) is 0 Å². The van der Waals surface area contributed by atoms with Crippen LogP contribution in [0.1, 0.15) is 12.8 Å². The van der Waals surface area contributed by atoms with Crippen LogP contribution in [0.3, 0.4) is 0 Å². The maximum atomic E-state index is 5.57. The molecule has 1 heterocycles. The SMILES string of the molecule is CCNCc1nnc(-c2cc(Br)ccc2Br)o1. The lowest BCUT2D eigenvalue weighted by molar-refractivity contribution is 0.482. The fourth-order valence-electron chi connectivity index (χ4n) is 1.33. The topological polar surface area (TPSA) is 51.0 Å². The van der Waals surface area contributed by atoms with Crippen LogP contribution >= 0.6 is 31.9 Å². The van der Waals surface area contributed by atoms with Crippen molar-refractivity contribution in [3.8, 4) is 11.5 Å². The van der Waals surface area contributed by atoms with Gasteiger partial charge in [-0.3, -0.25) is 0 Å². The number of hydrogen-bond acceptors (Lipinski definition) is 4. The van der Waals surface area contributed by atoms with Gasteiger partial charge in [-0.2, -0.15) is 0 Å². The van der Waals surface area contributed by atoms with Gasteiger partial charge in [0, 0.05) is 8.95 Å². The summed E-state index contributed by atoms with van der Waals surface area (Å²) in [5.74, 6) is 1.11. The van der Waals surface area contributed by atoms with Crippen LogP contribution in [0, 0.1) is 0 Å². The first-order chi connectivity index (χ1) is 8.20. The average Bonchev–Trinajstić information content (AvgIpc) is 2.78. The van der Waals surface area contributed by atoms with Gasteiger partial charge in [-0.1, -0.05) is 22.9 Å². The zero-order valence-corrected chi connectivity index (χ0v) is 12.4. The van der Waals surface area contributed by atoms with Crippen molar-refractivity contribution in [3.05, 3.63) is 33.0 Å². The number of nitrogens with zero attached hydrogens (tertiary/aromatic N) is 2. The quantitative estimate of drug-likeness (QED) is 0.908. The van der Waals surface area contributed by atoms with Crippen LogP contribution in [-0.2, 0) is 6.54 Å². The first-order valence-corrected chi connectivity index (χ1v) is 6.78. The van der Waals surface area contributed by atoms with Crippen molar-refractivity contribution in [2.75, 3.05) is 6.54 Å². The Morgan fingerprint density at radius 2 is 2.12 bits per heavy atom. The summed E-state index contributed by atoms with van der Waals surface area (Å²) < 4.78 is 7.48. The van der Waals surface area contributed by atoms with Gasteiger partial charge in [0.15, 0.2) is 0 Å². The number of halogens is 2. The van der Waals surface area contributed by atoms with Crippen LogP contribution in [0.4, 0.5) is 0 Å². The molecule has 2 aromatic rings. The predicted molar refractivity (Wildman–Crippen MR) is 72.5 cm³/mol. The third-order valence-electron chi connectivity index (χ3n) is 2.15. The lowest BCUT2D eigenvalue weighted by atomic mass is 10.2.